The molecule has 1 aliphatic heterocycles. The van der Waals surface area contributed by atoms with E-state index in [0.29, 0.717) is 0 Å². The van der Waals surface area contributed by atoms with Crippen molar-refractivity contribution in [3.63, 3.8) is 0 Å². The van der Waals surface area contributed by atoms with E-state index >= 15 is 0 Å². The second kappa shape index (κ2) is 19.9. The largest absolute Gasteiger partial charge is 0.459 e. The molecule has 0 spiro atoms. The fraction of sp³-hybridized carbons (Fsp3) is 0.341. The zero-order valence-electron chi connectivity index (χ0n) is 32.6. The lowest BCUT2D eigenvalue weighted by Gasteiger charge is -2.45. The summed E-state index contributed by atoms with van der Waals surface area (Å²) >= 11 is 1.16. The van der Waals surface area contributed by atoms with Crippen LogP contribution in [0.15, 0.2) is 121 Å². The van der Waals surface area contributed by atoms with Crippen LogP contribution in [0.5, 0.6) is 0 Å². The highest BCUT2D eigenvalue weighted by Gasteiger charge is 2.54. The maximum absolute atomic E-state index is 13.9. The zero-order chi connectivity index (χ0) is 41.0. The molecule has 0 saturated carbocycles. The molecule has 4 aromatic rings. The van der Waals surface area contributed by atoms with Crippen LogP contribution in [0.2, 0.25) is 18.1 Å². The van der Waals surface area contributed by atoms with Gasteiger partial charge in [-0.2, -0.15) is 0 Å². The molecule has 1 heterocycles. The molecule has 0 radical (unpaired) electrons. The van der Waals surface area contributed by atoms with Crippen LogP contribution in [0.25, 0.3) is 0 Å². The average Bonchev–Trinajstić information content (AvgIpc) is 3.21. The van der Waals surface area contributed by atoms with Crippen LogP contribution in [0, 0.1) is 0 Å². The van der Waals surface area contributed by atoms with Gasteiger partial charge in [-0.25, -0.2) is 19.2 Å². The number of ether oxygens (including phenoxy) is 5. The summed E-state index contributed by atoms with van der Waals surface area (Å²) in [5, 5.41) is -0.639. The first-order valence-electron chi connectivity index (χ1n) is 18.7. The Morgan fingerprint density at radius 3 is 1.47 bits per heavy atom. The second-order valence-corrected chi connectivity index (χ2v) is 21.2. The van der Waals surface area contributed by atoms with E-state index < -0.39 is 73.9 Å². The molecule has 6 unspecified atom stereocenters. The number of hydrogen-bond donors (Lipinski definition) is 0. The predicted octanol–water partition coefficient (Wildman–Crippen LogP) is 7.96. The van der Waals surface area contributed by atoms with Crippen molar-refractivity contribution in [2.75, 3.05) is 13.2 Å². The van der Waals surface area contributed by atoms with Crippen molar-refractivity contribution in [3.8, 4) is 0 Å². The summed E-state index contributed by atoms with van der Waals surface area (Å²) < 4.78 is 37.5. The van der Waals surface area contributed by atoms with Crippen LogP contribution < -0.4 is 0 Å². The monoisotopic (exact) mass is 812 g/mol. The summed E-state index contributed by atoms with van der Waals surface area (Å²) in [5.74, 6) is -3.01. The van der Waals surface area contributed by atoms with E-state index in [-0.39, 0.29) is 40.3 Å². The van der Waals surface area contributed by atoms with E-state index in [1.807, 2.05) is 0 Å². The molecule has 13 heteroatoms. The fourth-order valence-corrected chi connectivity index (χ4v) is 8.07. The lowest BCUT2D eigenvalue weighted by molar-refractivity contribution is -0.207. The van der Waals surface area contributed by atoms with Gasteiger partial charge in [0.15, 0.2) is 26.6 Å². The Hall–Kier alpha value is -5.08. The highest BCUT2D eigenvalue weighted by Crippen LogP contribution is 2.40. The first-order valence-corrected chi connectivity index (χ1v) is 22.5. The van der Waals surface area contributed by atoms with E-state index in [1.165, 1.54) is 0 Å². The normalized spacial score (nSPS) is 20.1. The molecular formula is C44H48O11SSi. The summed E-state index contributed by atoms with van der Waals surface area (Å²) in [6.07, 6.45) is -4.80. The van der Waals surface area contributed by atoms with Gasteiger partial charge in [-0.1, -0.05) is 93.6 Å². The molecule has 0 bridgehead atoms. The van der Waals surface area contributed by atoms with Gasteiger partial charge in [0, 0.05) is 18.3 Å². The number of rotatable bonds is 16. The Balaban J connectivity index is 1.59. The highest BCUT2D eigenvalue weighted by atomic mass is 32.2. The van der Waals surface area contributed by atoms with E-state index in [0.717, 1.165) is 18.0 Å². The minimum atomic E-state index is -2.30. The standard InChI is InChI=1S/C44H48O11SSi/c1-44(2,3)57(4,5)51-28-34(26-27-45)56-43-38(55-42(49)33-24-16-9-17-25-33)37(54-41(48)32-22-14-8-15-23-32)36(53-40(47)31-20-12-7-13-21-31)35(52-43)29-50-39(46)30-18-10-6-11-19-30/h6-25,27,34-38,43H,26,28-29H2,1-5H3. The van der Waals surface area contributed by atoms with Crippen molar-refractivity contribution in [1.29, 1.82) is 0 Å². The van der Waals surface area contributed by atoms with Gasteiger partial charge in [0.05, 0.1) is 22.3 Å². The van der Waals surface area contributed by atoms with Gasteiger partial charge in [0.1, 0.15) is 24.4 Å². The van der Waals surface area contributed by atoms with Crippen molar-refractivity contribution in [2.45, 2.75) is 80.4 Å². The van der Waals surface area contributed by atoms with Crippen LogP contribution in [0.1, 0.15) is 68.6 Å². The van der Waals surface area contributed by atoms with E-state index in [9.17, 15) is 24.0 Å². The first-order chi connectivity index (χ1) is 27.3. The van der Waals surface area contributed by atoms with E-state index in [2.05, 4.69) is 33.9 Å². The lowest BCUT2D eigenvalue weighted by atomic mass is 9.98. The van der Waals surface area contributed by atoms with E-state index in [1.54, 1.807) is 121 Å². The van der Waals surface area contributed by atoms with Crippen molar-refractivity contribution in [1.82, 2.24) is 0 Å². The highest BCUT2D eigenvalue weighted by molar-refractivity contribution is 8.00. The maximum atomic E-state index is 13.9. The molecule has 0 aromatic heterocycles. The number of carbonyl (C=O) groups excluding carboxylic acids is 5. The van der Waals surface area contributed by atoms with Gasteiger partial charge < -0.3 is 32.9 Å². The second-order valence-electron chi connectivity index (χ2n) is 14.9. The van der Waals surface area contributed by atoms with Crippen molar-refractivity contribution < 1.29 is 52.1 Å². The molecule has 5 rings (SSSR count). The average molecular weight is 813 g/mol. The summed E-state index contributed by atoms with van der Waals surface area (Å²) in [6.45, 7) is 10.2. The molecular weight excluding hydrogens is 765 g/mol. The number of hydrogen-bond acceptors (Lipinski definition) is 12. The van der Waals surface area contributed by atoms with Crippen LogP contribution in [-0.2, 0) is 32.9 Å². The molecule has 1 fully saturated rings. The molecule has 1 saturated heterocycles. The summed E-state index contributed by atoms with van der Waals surface area (Å²) in [5.41, 5.74) is -0.298. The van der Waals surface area contributed by atoms with Crippen LogP contribution in [0.3, 0.4) is 0 Å². The third kappa shape index (κ3) is 11.7. The van der Waals surface area contributed by atoms with Gasteiger partial charge >= 0.3 is 23.9 Å². The smallest absolute Gasteiger partial charge is 0.338 e. The molecule has 1 aliphatic rings. The number of esters is 4. The molecule has 0 N–H and O–H groups in total. The summed E-state index contributed by atoms with van der Waals surface area (Å²) in [4.78, 5) is 66.9. The summed E-state index contributed by atoms with van der Waals surface area (Å²) in [7, 11) is -2.30. The number of carbonyl (C=O) groups is 5. The Kier molecular flexibility index (Phi) is 15.0. The Labute approximate surface area is 338 Å². The minimum Gasteiger partial charge on any atom is -0.459 e. The Morgan fingerprint density at radius 2 is 1.05 bits per heavy atom. The first kappa shape index (κ1) is 43.0. The molecule has 300 valence electrons. The van der Waals surface area contributed by atoms with Crippen molar-refractivity contribution in [3.05, 3.63) is 144 Å². The third-order valence-corrected chi connectivity index (χ3v) is 15.7. The lowest BCUT2D eigenvalue weighted by Crippen LogP contribution is -2.62. The van der Waals surface area contributed by atoms with E-state index in [4.69, 9.17) is 28.1 Å². The minimum absolute atomic E-state index is 0.0487. The molecule has 6 atom stereocenters. The van der Waals surface area contributed by atoms with Gasteiger partial charge in [-0.05, 0) is 66.7 Å². The zero-order valence-corrected chi connectivity index (χ0v) is 34.4. The van der Waals surface area contributed by atoms with Crippen molar-refractivity contribution >= 4 is 50.2 Å². The quantitative estimate of drug-likeness (QED) is 0.0469. The molecule has 4 aromatic carbocycles. The molecule has 11 nitrogen and oxygen atoms in total. The Morgan fingerprint density at radius 1 is 0.649 bits per heavy atom. The number of benzene rings is 4. The Bertz CT molecular complexity index is 1940. The van der Waals surface area contributed by atoms with Crippen LogP contribution in [-0.4, -0.2) is 86.8 Å². The topological polar surface area (TPSA) is 141 Å². The van der Waals surface area contributed by atoms with Crippen molar-refractivity contribution in [2.24, 2.45) is 0 Å². The SMILES string of the molecule is CC(C)(C)[Si](C)(C)OCC(CC=O)SC1OC(COC(=O)c2ccccc2)C(OC(=O)c2ccccc2)C(OC(=O)c2ccccc2)C1OC(=O)c1ccccc1. The predicted molar refractivity (Wildman–Crippen MR) is 218 cm³/mol. The van der Waals surface area contributed by atoms with Gasteiger partial charge in [0.2, 0.25) is 0 Å². The molecule has 0 aliphatic carbocycles. The van der Waals surface area contributed by atoms with Gasteiger partial charge in [-0.15, -0.1) is 11.8 Å². The van der Waals surface area contributed by atoms with Crippen LogP contribution in [0.4, 0.5) is 0 Å². The third-order valence-electron chi connectivity index (χ3n) is 9.86. The summed E-state index contributed by atoms with van der Waals surface area (Å²) in [6, 6.07) is 32.9. The van der Waals surface area contributed by atoms with Gasteiger partial charge in [-0.3, -0.25) is 0 Å². The number of aldehydes is 1. The fourth-order valence-electron chi connectivity index (χ4n) is 5.61. The maximum Gasteiger partial charge on any atom is 0.338 e. The number of thioether (sulfide) groups is 1. The van der Waals surface area contributed by atoms with Gasteiger partial charge in [0.25, 0.3) is 0 Å². The van der Waals surface area contributed by atoms with Crippen LogP contribution >= 0.6 is 11.8 Å². The molecule has 0 amide bonds. The molecule has 57 heavy (non-hydrogen) atoms.